The third-order valence-corrected chi connectivity index (χ3v) is 10.0. The standard InChI is InChI=1S/C32H46N4O4S.C2H6/c1-24(2)23-25-6-8-26(9-7-25)30-15-12-28(40-35-30)5-4-18-34-27-10-13-29(14-11-27)41(38)32(31(33)37)16-19-36(20-17-32)21-22-39-3;1-2/h6-14,24,30,34-35H,4-5,15-23H2,1-3H3,(H2,33,37);1-2H3. The maximum absolute atomic E-state index is 13.5. The Bertz CT molecular complexity index is 1180. The number of hydrogen-bond acceptors (Lipinski definition) is 7. The molecule has 238 valence electrons. The van der Waals surface area contributed by atoms with Crippen LogP contribution >= 0.6 is 0 Å². The second-order valence-corrected chi connectivity index (χ2v) is 13.3. The van der Waals surface area contributed by atoms with Gasteiger partial charge in [0.1, 0.15) is 10.5 Å². The zero-order valence-corrected chi connectivity index (χ0v) is 27.5. The highest BCUT2D eigenvalue weighted by molar-refractivity contribution is 7.87. The average Bonchev–Trinajstić information content (AvgIpc) is 3.03. The number of nitrogens with zero attached hydrogens (tertiary/aromatic N) is 1. The molecule has 43 heavy (non-hydrogen) atoms. The van der Waals surface area contributed by atoms with Crippen LogP contribution < -0.4 is 16.5 Å². The Kier molecular flexibility index (Phi) is 14.2. The predicted octanol–water partition coefficient (Wildman–Crippen LogP) is 5.73. The number of likely N-dealkylation sites (tertiary alicyclic amines) is 1. The number of carbonyl (C=O) groups excluding carboxylic acids is 1. The lowest BCUT2D eigenvalue weighted by Crippen LogP contribution is -2.55. The molecule has 1 fully saturated rings. The quantitative estimate of drug-likeness (QED) is 0.234. The molecule has 2 unspecified atom stereocenters. The normalized spacial score (nSPS) is 19.0. The molecule has 0 saturated carbocycles. The second-order valence-electron chi connectivity index (χ2n) is 11.5. The molecule has 2 aromatic carbocycles. The zero-order valence-electron chi connectivity index (χ0n) is 26.7. The molecule has 4 N–H and O–H groups in total. The number of nitrogens with one attached hydrogen (secondary N) is 2. The Morgan fingerprint density at radius 3 is 2.37 bits per heavy atom. The van der Waals surface area contributed by atoms with Crippen LogP contribution in [0.5, 0.6) is 0 Å². The van der Waals surface area contributed by atoms with E-state index < -0.39 is 21.5 Å². The molecule has 0 bridgehead atoms. The van der Waals surface area contributed by atoms with Crippen LogP contribution in [-0.2, 0) is 31.6 Å². The molecule has 2 aliphatic heterocycles. The maximum Gasteiger partial charge on any atom is 0.236 e. The number of piperidine rings is 1. The molecular formula is C34H52N4O4S. The van der Waals surface area contributed by atoms with Gasteiger partial charge in [-0.25, -0.2) is 0 Å². The summed E-state index contributed by atoms with van der Waals surface area (Å²) in [5.74, 6) is 1.14. The molecule has 8 nitrogen and oxygen atoms in total. The highest BCUT2D eigenvalue weighted by Gasteiger charge is 2.46. The molecule has 0 aliphatic carbocycles. The predicted molar refractivity (Wildman–Crippen MR) is 176 cm³/mol. The Morgan fingerprint density at radius 2 is 1.81 bits per heavy atom. The smallest absolute Gasteiger partial charge is 0.236 e. The molecular weight excluding hydrogens is 560 g/mol. The summed E-state index contributed by atoms with van der Waals surface area (Å²) in [4.78, 5) is 21.2. The first kappa shape index (κ1) is 34.8. The Hall–Kier alpha value is -2.72. The SMILES string of the molecule is CC.COCCN1CCC(C(N)=O)(S(=O)c2ccc(NCCCC3=CCC(c4ccc(CC(C)C)cc4)NO3)cc2)CC1. The average molecular weight is 613 g/mol. The molecule has 1 amide bonds. The lowest BCUT2D eigenvalue weighted by atomic mass is 9.95. The van der Waals surface area contributed by atoms with Gasteiger partial charge in [-0.15, -0.1) is 5.48 Å². The van der Waals surface area contributed by atoms with Crippen molar-refractivity contribution in [3.05, 3.63) is 71.5 Å². The third kappa shape index (κ3) is 9.89. The molecule has 0 radical (unpaired) electrons. The van der Waals surface area contributed by atoms with E-state index in [1.54, 1.807) is 7.11 Å². The minimum absolute atomic E-state index is 0.172. The van der Waals surface area contributed by atoms with E-state index in [2.05, 4.69) is 59.9 Å². The van der Waals surface area contributed by atoms with Crippen molar-refractivity contribution in [2.75, 3.05) is 45.2 Å². The van der Waals surface area contributed by atoms with Gasteiger partial charge >= 0.3 is 0 Å². The van der Waals surface area contributed by atoms with Gasteiger partial charge in [0, 0.05) is 50.3 Å². The Labute approximate surface area is 261 Å². The van der Waals surface area contributed by atoms with Gasteiger partial charge in [-0.05, 0) is 79.5 Å². The first-order chi connectivity index (χ1) is 20.8. The number of rotatable bonds is 14. The van der Waals surface area contributed by atoms with Crippen molar-refractivity contribution in [3.8, 4) is 0 Å². The summed E-state index contributed by atoms with van der Waals surface area (Å²) < 4.78 is 17.6. The monoisotopic (exact) mass is 612 g/mol. The number of anilines is 1. The van der Waals surface area contributed by atoms with Crippen molar-refractivity contribution < 1.29 is 18.6 Å². The van der Waals surface area contributed by atoms with Gasteiger partial charge in [-0.3, -0.25) is 9.00 Å². The molecule has 2 atom stereocenters. The summed E-state index contributed by atoms with van der Waals surface area (Å²) in [7, 11) is 0.165. The highest BCUT2D eigenvalue weighted by Crippen LogP contribution is 2.33. The van der Waals surface area contributed by atoms with E-state index in [4.69, 9.17) is 15.3 Å². The first-order valence-electron chi connectivity index (χ1n) is 15.8. The van der Waals surface area contributed by atoms with Crippen LogP contribution in [0.15, 0.2) is 65.3 Å². The van der Waals surface area contributed by atoms with Gasteiger partial charge in [0.15, 0.2) is 0 Å². The van der Waals surface area contributed by atoms with Gasteiger partial charge in [0.25, 0.3) is 0 Å². The summed E-state index contributed by atoms with van der Waals surface area (Å²) in [6, 6.07) is 16.5. The van der Waals surface area contributed by atoms with E-state index >= 15 is 0 Å². The number of hydrogen-bond donors (Lipinski definition) is 3. The van der Waals surface area contributed by atoms with Gasteiger partial charge < -0.3 is 25.5 Å². The maximum atomic E-state index is 13.5. The van der Waals surface area contributed by atoms with E-state index in [1.807, 2.05) is 38.1 Å². The number of allylic oxidation sites excluding steroid dienone is 1. The van der Waals surface area contributed by atoms with Crippen molar-refractivity contribution in [3.63, 3.8) is 0 Å². The molecule has 0 aromatic heterocycles. The summed E-state index contributed by atoms with van der Waals surface area (Å²) in [5, 5.41) is 3.43. The number of ether oxygens (including phenoxy) is 1. The van der Waals surface area contributed by atoms with E-state index in [9.17, 15) is 9.00 Å². The van der Waals surface area contributed by atoms with Crippen molar-refractivity contribution in [1.82, 2.24) is 10.4 Å². The third-order valence-electron chi connectivity index (χ3n) is 8.02. The number of methoxy groups -OCH3 is 1. The zero-order chi connectivity index (χ0) is 31.2. The van der Waals surface area contributed by atoms with Crippen LogP contribution in [0.2, 0.25) is 0 Å². The molecule has 1 saturated heterocycles. The molecule has 2 aliphatic rings. The summed E-state index contributed by atoms with van der Waals surface area (Å²) >= 11 is 0. The number of carbonyl (C=O) groups is 1. The topological polar surface area (TPSA) is 106 Å². The Morgan fingerprint density at radius 1 is 1.14 bits per heavy atom. The molecule has 2 aromatic rings. The minimum Gasteiger partial charge on any atom is -0.413 e. The van der Waals surface area contributed by atoms with Gasteiger partial charge in [0.05, 0.1) is 23.4 Å². The summed E-state index contributed by atoms with van der Waals surface area (Å²) in [6.45, 7) is 12.1. The van der Waals surface area contributed by atoms with Crippen molar-refractivity contribution in [2.45, 2.75) is 81.9 Å². The molecule has 0 spiro atoms. The largest absolute Gasteiger partial charge is 0.413 e. The van der Waals surface area contributed by atoms with Crippen LogP contribution in [-0.4, -0.2) is 59.7 Å². The number of amides is 1. The Balaban J connectivity index is 0.00000248. The number of hydroxylamine groups is 1. The highest BCUT2D eigenvalue weighted by atomic mass is 32.2. The van der Waals surface area contributed by atoms with Gasteiger partial charge in [0.2, 0.25) is 5.91 Å². The van der Waals surface area contributed by atoms with Gasteiger partial charge in [-0.1, -0.05) is 52.0 Å². The fourth-order valence-electron chi connectivity index (χ4n) is 5.50. The van der Waals surface area contributed by atoms with Crippen LogP contribution in [0, 0.1) is 5.92 Å². The second kappa shape index (κ2) is 17.5. The first-order valence-corrected chi connectivity index (χ1v) is 16.9. The van der Waals surface area contributed by atoms with E-state index in [0.29, 0.717) is 43.4 Å². The van der Waals surface area contributed by atoms with Crippen LogP contribution in [0.3, 0.4) is 0 Å². The van der Waals surface area contributed by atoms with Crippen LogP contribution in [0.25, 0.3) is 0 Å². The molecule has 2 heterocycles. The molecule has 4 rings (SSSR count). The van der Waals surface area contributed by atoms with Crippen LogP contribution in [0.4, 0.5) is 5.69 Å². The summed E-state index contributed by atoms with van der Waals surface area (Å²) in [6.07, 6.45) is 6.91. The van der Waals surface area contributed by atoms with Crippen molar-refractivity contribution >= 4 is 22.4 Å². The lowest BCUT2D eigenvalue weighted by Gasteiger charge is -2.38. The number of nitrogens with two attached hydrogens (primary N) is 1. The number of primary amides is 1. The van der Waals surface area contributed by atoms with Gasteiger partial charge in [-0.2, -0.15) is 0 Å². The lowest BCUT2D eigenvalue weighted by molar-refractivity contribution is -0.121. The van der Waals surface area contributed by atoms with E-state index in [1.165, 1.54) is 11.1 Å². The fraction of sp³-hybridized carbons (Fsp3) is 0.559. The minimum atomic E-state index is -1.51. The summed E-state index contributed by atoms with van der Waals surface area (Å²) in [5.41, 5.74) is 12.6. The van der Waals surface area contributed by atoms with Crippen molar-refractivity contribution in [2.24, 2.45) is 11.7 Å². The fourth-order valence-corrected chi connectivity index (χ4v) is 7.07. The number of benzene rings is 2. The van der Waals surface area contributed by atoms with E-state index in [-0.39, 0.29) is 6.04 Å². The van der Waals surface area contributed by atoms with Crippen LogP contribution in [0.1, 0.15) is 77.0 Å². The van der Waals surface area contributed by atoms with E-state index in [0.717, 1.165) is 50.2 Å². The van der Waals surface area contributed by atoms with Crippen molar-refractivity contribution in [1.29, 1.82) is 0 Å². The molecule has 9 heteroatoms.